The number of hydrogen-bond acceptors (Lipinski definition) is 4. The van der Waals surface area contributed by atoms with Crippen molar-refractivity contribution in [2.24, 2.45) is 5.92 Å². The summed E-state index contributed by atoms with van der Waals surface area (Å²) in [6.07, 6.45) is 5.55. The Labute approximate surface area is 148 Å². The Morgan fingerprint density at radius 2 is 1.12 bits per heavy atom. The van der Waals surface area contributed by atoms with Crippen LogP contribution < -0.4 is 0 Å². The number of hydrogen-bond donors (Lipinski definition) is 4. The zero-order valence-corrected chi connectivity index (χ0v) is 14.8. The van der Waals surface area contributed by atoms with E-state index in [4.69, 9.17) is 0 Å². The number of phenolic OH excluding ortho intramolecular Hbond substituents is 4. The highest BCUT2D eigenvalue weighted by Crippen LogP contribution is 2.47. The Bertz CT molecular complexity index is 718. The monoisotopic (exact) mass is 342 g/mol. The molecule has 0 radical (unpaired) electrons. The minimum absolute atomic E-state index is 0.0452. The molecule has 1 aliphatic rings. The fourth-order valence-electron chi connectivity index (χ4n) is 4.06. The van der Waals surface area contributed by atoms with Crippen molar-refractivity contribution in [3.05, 3.63) is 46.5 Å². The molecular weight excluding hydrogens is 316 g/mol. The van der Waals surface area contributed by atoms with Crippen LogP contribution in [0.2, 0.25) is 0 Å². The van der Waals surface area contributed by atoms with E-state index in [2.05, 4.69) is 0 Å². The molecule has 4 N–H and O–H groups in total. The summed E-state index contributed by atoms with van der Waals surface area (Å²) in [7, 11) is 0. The molecule has 2 aromatic rings. The quantitative estimate of drug-likeness (QED) is 0.643. The molecule has 25 heavy (non-hydrogen) atoms. The van der Waals surface area contributed by atoms with Gasteiger partial charge in [-0.1, -0.05) is 19.3 Å². The van der Waals surface area contributed by atoms with Crippen LogP contribution in [0.4, 0.5) is 0 Å². The van der Waals surface area contributed by atoms with Crippen LogP contribution in [0.25, 0.3) is 0 Å². The van der Waals surface area contributed by atoms with E-state index in [9.17, 15) is 20.4 Å². The van der Waals surface area contributed by atoms with Gasteiger partial charge in [-0.05, 0) is 55.9 Å². The van der Waals surface area contributed by atoms with Crippen LogP contribution in [-0.2, 0) is 0 Å². The van der Waals surface area contributed by atoms with Crippen molar-refractivity contribution in [3.63, 3.8) is 0 Å². The maximum atomic E-state index is 10.5. The first kappa shape index (κ1) is 17.5. The van der Waals surface area contributed by atoms with Gasteiger partial charge in [0.2, 0.25) is 0 Å². The predicted molar refractivity (Wildman–Crippen MR) is 97.4 cm³/mol. The summed E-state index contributed by atoms with van der Waals surface area (Å²) in [6.45, 7) is 3.61. The minimum atomic E-state index is -0.168. The third-order valence-electron chi connectivity index (χ3n) is 5.48. The van der Waals surface area contributed by atoms with E-state index in [0.717, 1.165) is 36.8 Å². The number of aromatic hydroxyl groups is 4. The molecule has 4 nitrogen and oxygen atoms in total. The molecule has 1 aliphatic carbocycles. The molecule has 0 spiro atoms. The van der Waals surface area contributed by atoms with Gasteiger partial charge in [-0.25, -0.2) is 0 Å². The molecule has 0 atom stereocenters. The van der Waals surface area contributed by atoms with E-state index in [1.165, 1.54) is 18.6 Å². The first-order chi connectivity index (χ1) is 11.9. The van der Waals surface area contributed by atoms with E-state index in [1.807, 2.05) is 12.1 Å². The lowest BCUT2D eigenvalue weighted by atomic mass is 9.72. The van der Waals surface area contributed by atoms with Crippen molar-refractivity contribution in [2.75, 3.05) is 0 Å². The summed E-state index contributed by atoms with van der Waals surface area (Å²) in [5, 5.41) is 40.8. The zero-order chi connectivity index (χ0) is 18.1. The highest BCUT2D eigenvalue weighted by Gasteiger charge is 2.31. The van der Waals surface area contributed by atoms with E-state index < -0.39 is 0 Å². The molecule has 1 fully saturated rings. The van der Waals surface area contributed by atoms with Gasteiger partial charge >= 0.3 is 0 Å². The molecule has 0 heterocycles. The second-order valence-electron chi connectivity index (χ2n) is 7.27. The highest BCUT2D eigenvalue weighted by atomic mass is 16.3. The van der Waals surface area contributed by atoms with E-state index in [0.29, 0.717) is 17.0 Å². The third kappa shape index (κ3) is 3.39. The first-order valence-corrected chi connectivity index (χ1v) is 8.93. The van der Waals surface area contributed by atoms with Gasteiger partial charge in [-0.15, -0.1) is 0 Å². The van der Waals surface area contributed by atoms with Gasteiger partial charge < -0.3 is 20.4 Å². The van der Waals surface area contributed by atoms with Crippen molar-refractivity contribution in [1.82, 2.24) is 0 Å². The van der Waals surface area contributed by atoms with Gasteiger partial charge in [0.25, 0.3) is 0 Å². The molecule has 1 saturated carbocycles. The maximum absolute atomic E-state index is 10.5. The summed E-state index contributed by atoms with van der Waals surface area (Å²) < 4.78 is 0. The van der Waals surface area contributed by atoms with E-state index in [-0.39, 0.29) is 28.9 Å². The van der Waals surface area contributed by atoms with Gasteiger partial charge in [0.1, 0.15) is 23.0 Å². The molecule has 0 aromatic heterocycles. The summed E-state index contributed by atoms with van der Waals surface area (Å²) in [4.78, 5) is 0. The van der Waals surface area contributed by atoms with Gasteiger partial charge in [0.15, 0.2) is 0 Å². The van der Waals surface area contributed by atoms with Gasteiger partial charge in [-0.2, -0.15) is 0 Å². The summed E-state index contributed by atoms with van der Waals surface area (Å²) >= 11 is 0. The largest absolute Gasteiger partial charge is 0.508 e. The first-order valence-electron chi connectivity index (χ1n) is 8.93. The summed E-state index contributed by atoms with van der Waals surface area (Å²) in [5.41, 5.74) is 2.84. The van der Waals surface area contributed by atoms with Crippen molar-refractivity contribution >= 4 is 0 Å². The Morgan fingerprint density at radius 1 is 0.680 bits per heavy atom. The highest BCUT2D eigenvalue weighted by molar-refractivity contribution is 5.54. The van der Waals surface area contributed by atoms with Crippen molar-refractivity contribution in [2.45, 2.75) is 51.9 Å². The van der Waals surface area contributed by atoms with Gasteiger partial charge in [0.05, 0.1) is 0 Å². The Balaban J connectivity index is 2.17. The van der Waals surface area contributed by atoms with E-state index in [1.54, 1.807) is 13.8 Å². The smallest absolute Gasteiger partial charge is 0.123 e. The lowest BCUT2D eigenvalue weighted by Gasteiger charge is -2.32. The molecule has 134 valence electrons. The lowest BCUT2D eigenvalue weighted by molar-refractivity contribution is 0.316. The zero-order valence-electron chi connectivity index (χ0n) is 14.8. The fraction of sp³-hybridized carbons (Fsp3) is 0.429. The molecule has 0 unspecified atom stereocenters. The minimum Gasteiger partial charge on any atom is -0.508 e. The number of rotatable bonds is 3. The topological polar surface area (TPSA) is 80.9 Å². The molecule has 0 saturated heterocycles. The molecule has 0 aliphatic heterocycles. The Hall–Kier alpha value is -2.36. The second-order valence-corrected chi connectivity index (χ2v) is 7.27. The van der Waals surface area contributed by atoms with Crippen LogP contribution in [0, 0.1) is 19.8 Å². The standard InChI is InChI=1S/C21H26O4/c1-12-8-15(19(24)10-17(12)22)21(14-6-4-3-5-7-14)16-9-13(2)18(23)11-20(16)25/h8-11,14,21-25H,3-7H2,1-2H3. The van der Waals surface area contributed by atoms with Crippen molar-refractivity contribution < 1.29 is 20.4 Å². The SMILES string of the molecule is Cc1cc(C(c2cc(C)c(O)cc2O)C2CCCCC2)c(O)cc1O. The van der Waals surface area contributed by atoms with Crippen LogP contribution in [0.3, 0.4) is 0 Å². The van der Waals surface area contributed by atoms with Crippen LogP contribution in [0.1, 0.15) is 60.3 Å². The molecule has 0 amide bonds. The van der Waals surface area contributed by atoms with Crippen LogP contribution in [0.15, 0.2) is 24.3 Å². The second kappa shape index (κ2) is 6.87. The molecular formula is C21H26O4. The molecule has 3 rings (SSSR count). The predicted octanol–water partition coefficient (Wildman–Crippen LogP) is 4.84. The molecule has 2 aromatic carbocycles. The summed E-state index contributed by atoms with van der Waals surface area (Å²) in [6, 6.07) is 6.38. The molecule has 4 heteroatoms. The maximum Gasteiger partial charge on any atom is 0.123 e. The Morgan fingerprint density at radius 3 is 1.56 bits per heavy atom. The van der Waals surface area contributed by atoms with Crippen LogP contribution in [-0.4, -0.2) is 20.4 Å². The van der Waals surface area contributed by atoms with Gasteiger partial charge in [0, 0.05) is 29.2 Å². The van der Waals surface area contributed by atoms with Crippen molar-refractivity contribution in [1.29, 1.82) is 0 Å². The lowest BCUT2D eigenvalue weighted by Crippen LogP contribution is -2.18. The van der Waals surface area contributed by atoms with E-state index >= 15 is 0 Å². The number of aryl methyl sites for hydroxylation is 2. The number of benzene rings is 2. The third-order valence-corrected chi connectivity index (χ3v) is 5.48. The molecule has 0 bridgehead atoms. The Kier molecular flexibility index (Phi) is 4.80. The van der Waals surface area contributed by atoms with Crippen LogP contribution >= 0.6 is 0 Å². The van der Waals surface area contributed by atoms with Crippen LogP contribution in [0.5, 0.6) is 23.0 Å². The van der Waals surface area contributed by atoms with Gasteiger partial charge in [-0.3, -0.25) is 0 Å². The number of phenols is 4. The summed E-state index contributed by atoms with van der Waals surface area (Å²) in [5.74, 6) is 0.356. The van der Waals surface area contributed by atoms with Crippen molar-refractivity contribution in [3.8, 4) is 23.0 Å². The average molecular weight is 342 g/mol. The average Bonchev–Trinajstić information content (AvgIpc) is 2.58. The normalized spacial score (nSPS) is 15.6. The fourth-order valence-corrected chi connectivity index (χ4v) is 4.06.